The lowest BCUT2D eigenvalue weighted by Gasteiger charge is -2.06. The molecule has 0 unspecified atom stereocenters. The summed E-state index contributed by atoms with van der Waals surface area (Å²) in [5.41, 5.74) is 1.08. The van der Waals surface area contributed by atoms with Gasteiger partial charge in [0.1, 0.15) is 0 Å². The van der Waals surface area contributed by atoms with Gasteiger partial charge in [-0.2, -0.15) is 0 Å². The minimum absolute atomic E-state index is 0.0116. The first-order chi connectivity index (χ1) is 7.66. The summed E-state index contributed by atoms with van der Waals surface area (Å²) in [7, 11) is 0. The van der Waals surface area contributed by atoms with Gasteiger partial charge in [-0.1, -0.05) is 28.1 Å². The van der Waals surface area contributed by atoms with Gasteiger partial charge in [0.15, 0.2) is 0 Å². The van der Waals surface area contributed by atoms with Crippen molar-refractivity contribution in [1.82, 2.24) is 4.57 Å². The number of halogens is 2. The molecule has 82 valence electrons. The third-order valence-electron chi connectivity index (χ3n) is 2.22. The van der Waals surface area contributed by atoms with Crippen LogP contribution in [0.4, 0.5) is 0 Å². The van der Waals surface area contributed by atoms with Crippen LogP contribution in [0.3, 0.4) is 0 Å². The van der Waals surface area contributed by atoms with Crippen molar-refractivity contribution < 1.29 is 0 Å². The van der Waals surface area contributed by atoms with Crippen LogP contribution in [0.25, 0.3) is 0 Å². The molecule has 1 heterocycles. The molecule has 2 aromatic rings. The first-order valence-electron chi connectivity index (χ1n) is 4.76. The van der Waals surface area contributed by atoms with Gasteiger partial charge in [-0.15, -0.1) is 0 Å². The second-order valence-electron chi connectivity index (χ2n) is 3.42. The lowest BCUT2D eigenvalue weighted by molar-refractivity contribution is 0.754. The summed E-state index contributed by atoms with van der Waals surface area (Å²) in [5.74, 6) is 0. The molecule has 0 N–H and O–H groups in total. The number of hydrogen-bond donors (Lipinski definition) is 0. The van der Waals surface area contributed by atoms with Crippen LogP contribution < -0.4 is 5.56 Å². The highest BCUT2D eigenvalue weighted by atomic mass is 79.9. The van der Waals surface area contributed by atoms with Gasteiger partial charge in [0, 0.05) is 10.7 Å². The van der Waals surface area contributed by atoms with Crippen LogP contribution in [-0.4, -0.2) is 4.57 Å². The van der Waals surface area contributed by atoms with E-state index in [4.69, 9.17) is 0 Å². The summed E-state index contributed by atoms with van der Waals surface area (Å²) in [6, 6.07) is 11.5. The summed E-state index contributed by atoms with van der Waals surface area (Å²) in [6.45, 7) is 0.581. The molecule has 16 heavy (non-hydrogen) atoms. The van der Waals surface area contributed by atoms with Gasteiger partial charge in [0.2, 0.25) is 0 Å². The fourth-order valence-electron chi connectivity index (χ4n) is 1.46. The maximum Gasteiger partial charge on any atom is 0.265 e. The van der Waals surface area contributed by atoms with Crippen LogP contribution in [0.15, 0.2) is 56.3 Å². The standard InChI is InChI=1S/C12H9Br2NO/c13-10-4-1-3-9(7-10)8-15-6-2-5-11(14)12(15)16/h1-7H,8H2. The van der Waals surface area contributed by atoms with Gasteiger partial charge in [0.25, 0.3) is 5.56 Å². The van der Waals surface area contributed by atoms with Crippen LogP contribution in [-0.2, 0) is 6.54 Å². The zero-order valence-electron chi connectivity index (χ0n) is 8.36. The van der Waals surface area contributed by atoms with Crippen molar-refractivity contribution >= 4 is 31.9 Å². The van der Waals surface area contributed by atoms with Gasteiger partial charge >= 0.3 is 0 Å². The molecule has 0 aliphatic heterocycles. The Morgan fingerprint density at radius 3 is 2.69 bits per heavy atom. The average Bonchev–Trinajstić information content (AvgIpc) is 2.25. The maximum absolute atomic E-state index is 11.8. The molecule has 2 rings (SSSR count). The molecule has 2 nitrogen and oxygen atoms in total. The highest BCUT2D eigenvalue weighted by Crippen LogP contribution is 2.12. The van der Waals surface area contributed by atoms with E-state index in [1.165, 1.54) is 0 Å². The maximum atomic E-state index is 11.8. The van der Waals surface area contributed by atoms with Gasteiger partial charge in [-0.25, -0.2) is 0 Å². The van der Waals surface area contributed by atoms with Crippen molar-refractivity contribution in [3.05, 3.63) is 67.5 Å². The van der Waals surface area contributed by atoms with Crippen LogP contribution in [0.5, 0.6) is 0 Å². The van der Waals surface area contributed by atoms with E-state index in [9.17, 15) is 4.79 Å². The Hall–Kier alpha value is -0.870. The number of rotatable bonds is 2. The first kappa shape index (κ1) is 11.6. The fraction of sp³-hybridized carbons (Fsp3) is 0.0833. The molecule has 0 spiro atoms. The summed E-state index contributed by atoms with van der Waals surface area (Å²) in [4.78, 5) is 11.8. The Morgan fingerprint density at radius 1 is 1.12 bits per heavy atom. The van der Waals surface area contributed by atoms with Crippen molar-refractivity contribution in [3.8, 4) is 0 Å². The first-order valence-corrected chi connectivity index (χ1v) is 6.35. The predicted octanol–water partition coefficient (Wildman–Crippen LogP) is 3.42. The molecule has 0 fully saturated rings. The number of benzene rings is 1. The van der Waals surface area contributed by atoms with Crippen molar-refractivity contribution in [3.63, 3.8) is 0 Å². The Kier molecular flexibility index (Phi) is 3.61. The molecule has 0 saturated heterocycles. The molecular weight excluding hydrogens is 334 g/mol. The largest absolute Gasteiger partial charge is 0.310 e. The predicted molar refractivity (Wildman–Crippen MR) is 71.6 cm³/mol. The summed E-state index contributed by atoms with van der Waals surface area (Å²) >= 11 is 6.64. The Balaban J connectivity index is 2.34. The van der Waals surface area contributed by atoms with Crippen molar-refractivity contribution in [2.45, 2.75) is 6.54 Å². The molecule has 0 amide bonds. The summed E-state index contributed by atoms with van der Waals surface area (Å²) in [6.07, 6.45) is 1.79. The van der Waals surface area contributed by atoms with Crippen molar-refractivity contribution in [1.29, 1.82) is 0 Å². The fourth-order valence-corrected chi connectivity index (χ4v) is 2.29. The Bertz CT molecular complexity index is 563. The zero-order valence-corrected chi connectivity index (χ0v) is 11.5. The van der Waals surface area contributed by atoms with Crippen LogP contribution in [0.2, 0.25) is 0 Å². The molecule has 1 aromatic carbocycles. The monoisotopic (exact) mass is 341 g/mol. The van der Waals surface area contributed by atoms with Crippen LogP contribution in [0.1, 0.15) is 5.56 Å². The zero-order chi connectivity index (χ0) is 11.5. The molecule has 0 atom stereocenters. The highest BCUT2D eigenvalue weighted by molar-refractivity contribution is 9.10. The van der Waals surface area contributed by atoms with E-state index in [-0.39, 0.29) is 5.56 Å². The minimum atomic E-state index is -0.0116. The van der Waals surface area contributed by atoms with Crippen molar-refractivity contribution in [2.75, 3.05) is 0 Å². The van der Waals surface area contributed by atoms with E-state index in [0.29, 0.717) is 11.0 Å². The van der Waals surface area contributed by atoms with Gasteiger partial charge in [0.05, 0.1) is 11.0 Å². The SMILES string of the molecule is O=c1c(Br)cccn1Cc1cccc(Br)c1. The van der Waals surface area contributed by atoms with E-state index < -0.39 is 0 Å². The molecule has 0 aliphatic carbocycles. The van der Waals surface area contributed by atoms with Crippen molar-refractivity contribution in [2.24, 2.45) is 0 Å². The topological polar surface area (TPSA) is 22.0 Å². The Morgan fingerprint density at radius 2 is 1.94 bits per heavy atom. The van der Waals surface area contributed by atoms with E-state index in [1.807, 2.05) is 30.3 Å². The Labute approximate surface area is 110 Å². The summed E-state index contributed by atoms with van der Waals surface area (Å²) < 4.78 is 3.28. The average molecular weight is 343 g/mol. The minimum Gasteiger partial charge on any atom is -0.310 e. The van der Waals surface area contributed by atoms with Crippen LogP contribution in [0, 0.1) is 0 Å². The number of hydrogen-bond acceptors (Lipinski definition) is 1. The normalized spacial score (nSPS) is 10.4. The van der Waals surface area contributed by atoms with E-state index in [1.54, 1.807) is 16.8 Å². The molecule has 4 heteroatoms. The number of nitrogens with zero attached hydrogens (tertiary/aromatic N) is 1. The lowest BCUT2D eigenvalue weighted by Crippen LogP contribution is -2.20. The second kappa shape index (κ2) is 4.97. The van der Waals surface area contributed by atoms with E-state index in [0.717, 1.165) is 10.0 Å². The van der Waals surface area contributed by atoms with E-state index in [2.05, 4.69) is 31.9 Å². The quantitative estimate of drug-likeness (QED) is 0.819. The molecule has 0 saturated carbocycles. The molecule has 0 aliphatic rings. The summed E-state index contributed by atoms with van der Waals surface area (Å²) in [5, 5.41) is 0. The molecular formula is C12H9Br2NO. The van der Waals surface area contributed by atoms with Gasteiger partial charge in [-0.05, 0) is 45.8 Å². The van der Waals surface area contributed by atoms with Gasteiger partial charge in [-0.3, -0.25) is 4.79 Å². The lowest BCUT2D eigenvalue weighted by atomic mass is 10.2. The van der Waals surface area contributed by atoms with E-state index >= 15 is 0 Å². The number of pyridine rings is 1. The molecule has 0 radical (unpaired) electrons. The molecule has 0 bridgehead atoms. The third kappa shape index (κ3) is 2.62. The van der Waals surface area contributed by atoms with Crippen LogP contribution >= 0.6 is 31.9 Å². The smallest absolute Gasteiger partial charge is 0.265 e. The number of aromatic nitrogens is 1. The highest BCUT2D eigenvalue weighted by Gasteiger charge is 2.01. The molecule has 1 aromatic heterocycles. The second-order valence-corrected chi connectivity index (χ2v) is 5.19. The third-order valence-corrected chi connectivity index (χ3v) is 3.31. The van der Waals surface area contributed by atoms with Gasteiger partial charge < -0.3 is 4.57 Å².